The van der Waals surface area contributed by atoms with Gasteiger partial charge in [-0.3, -0.25) is 9.89 Å². The number of aromatic amines is 1. The Morgan fingerprint density at radius 2 is 2.24 bits per heavy atom. The number of nitriles is 1. The van der Waals surface area contributed by atoms with Gasteiger partial charge in [0, 0.05) is 24.7 Å². The minimum absolute atomic E-state index is 0.0145. The van der Waals surface area contributed by atoms with E-state index in [-0.39, 0.29) is 11.9 Å². The van der Waals surface area contributed by atoms with Gasteiger partial charge in [-0.25, -0.2) is 0 Å². The smallest absolute Gasteiger partial charge is 0.269 e. The van der Waals surface area contributed by atoms with Gasteiger partial charge in [0.05, 0.1) is 5.69 Å². The fraction of sp³-hybridized carbons (Fsp3) is 0.267. The molecule has 1 aromatic heterocycles. The molecule has 1 unspecified atom stereocenters. The van der Waals surface area contributed by atoms with E-state index in [0.29, 0.717) is 18.8 Å². The van der Waals surface area contributed by atoms with Crippen molar-refractivity contribution in [2.45, 2.75) is 12.5 Å². The fourth-order valence-electron chi connectivity index (χ4n) is 2.43. The Kier molecular flexibility index (Phi) is 3.56. The van der Waals surface area contributed by atoms with E-state index in [9.17, 15) is 4.79 Å². The van der Waals surface area contributed by atoms with Crippen molar-refractivity contribution in [2.24, 2.45) is 0 Å². The van der Waals surface area contributed by atoms with Gasteiger partial charge in [0.1, 0.15) is 5.69 Å². The van der Waals surface area contributed by atoms with Crippen LogP contribution in [0.2, 0.25) is 0 Å². The van der Waals surface area contributed by atoms with Crippen LogP contribution in [0.3, 0.4) is 0 Å². The molecule has 1 saturated heterocycles. The van der Waals surface area contributed by atoms with Crippen molar-refractivity contribution in [3.8, 4) is 17.5 Å². The SMILES string of the molecule is N#CN1CCC(NC(=O)c2cc(-c3ccccc3)n[nH]2)C1. The maximum Gasteiger partial charge on any atom is 0.269 e. The van der Waals surface area contributed by atoms with Gasteiger partial charge in [-0.15, -0.1) is 0 Å². The van der Waals surface area contributed by atoms with Crippen LogP contribution >= 0.6 is 0 Å². The average Bonchev–Trinajstić information content (AvgIpc) is 3.17. The Labute approximate surface area is 122 Å². The molecule has 2 heterocycles. The molecule has 1 amide bonds. The molecule has 0 spiro atoms. The van der Waals surface area contributed by atoms with Gasteiger partial charge in [0.2, 0.25) is 0 Å². The molecule has 3 rings (SSSR count). The highest BCUT2D eigenvalue weighted by Gasteiger charge is 2.24. The monoisotopic (exact) mass is 281 g/mol. The van der Waals surface area contributed by atoms with Gasteiger partial charge >= 0.3 is 0 Å². The first kappa shape index (κ1) is 13.2. The number of rotatable bonds is 3. The molecule has 21 heavy (non-hydrogen) atoms. The molecule has 1 aliphatic rings. The summed E-state index contributed by atoms with van der Waals surface area (Å²) < 4.78 is 0. The molecule has 2 N–H and O–H groups in total. The molecule has 6 nitrogen and oxygen atoms in total. The van der Waals surface area contributed by atoms with Gasteiger partial charge in [0.25, 0.3) is 5.91 Å². The van der Waals surface area contributed by atoms with Gasteiger partial charge < -0.3 is 10.2 Å². The first-order valence-corrected chi connectivity index (χ1v) is 6.82. The van der Waals surface area contributed by atoms with Gasteiger partial charge in [-0.05, 0) is 12.5 Å². The van der Waals surface area contributed by atoms with Crippen molar-refractivity contribution < 1.29 is 4.79 Å². The maximum atomic E-state index is 12.2. The highest BCUT2D eigenvalue weighted by Crippen LogP contribution is 2.17. The number of carbonyl (C=O) groups excluding carboxylic acids is 1. The van der Waals surface area contributed by atoms with Crippen molar-refractivity contribution in [3.05, 3.63) is 42.1 Å². The topological polar surface area (TPSA) is 84.8 Å². The normalized spacial score (nSPS) is 17.5. The maximum absolute atomic E-state index is 12.2. The summed E-state index contributed by atoms with van der Waals surface area (Å²) in [4.78, 5) is 13.8. The third kappa shape index (κ3) is 2.87. The van der Waals surface area contributed by atoms with E-state index in [1.807, 2.05) is 30.3 Å². The van der Waals surface area contributed by atoms with E-state index >= 15 is 0 Å². The number of hydrogen-bond acceptors (Lipinski definition) is 4. The van der Waals surface area contributed by atoms with Gasteiger partial charge in [0.15, 0.2) is 6.19 Å². The van der Waals surface area contributed by atoms with Gasteiger partial charge in [-0.2, -0.15) is 10.4 Å². The summed E-state index contributed by atoms with van der Waals surface area (Å²) in [5.41, 5.74) is 2.14. The zero-order chi connectivity index (χ0) is 14.7. The first-order chi connectivity index (χ1) is 10.3. The summed E-state index contributed by atoms with van der Waals surface area (Å²) >= 11 is 0. The zero-order valence-electron chi connectivity index (χ0n) is 11.4. The number of H-pyrrole nitrogens is 1. The van der Waals surface area contributed by atoms with E-state index in [4.69, 9.17) is 5.26 Å². The zero-order valence-corrected chi connectivity index (χ0v) is 11.4. The first-order valence-electron chi connectivity index (χ1n) is 6.82. The Hall–Kier alpha value is -2.81. The summed E-state index contributed by atoms with van der Waals surface area (Å²) in [5, 5.41) is 18.7. The van der Waals surface area contributed by atoms with E-state index in [1.54, 1.807) is 11.0 Å². The molecule has 1 fully saturated rings. The number of amides is 1. The van der Waals surface area contributed by atoms with Crippen molar-refractivity contribution in [2.75, 3.05) is 13.1 Å². The summed E-state index contributed by atoms with van der Waals surface area (Å²) in [7, 11) is 0. The van der Waals surface area contributed by atoms with Crippen LogP contribution in [-0.2, 0) is 0 Å². The number of hydrogen-bond donors (Lipinski definition) is 2. The Bertz CT molecular complexity index is 673. The molecule has 1 aliphatic heterocycles. The van der Waals surface area contributed by atoms with Crippen LogP contribution in [0.4, 0.5) is 0 Å². The fourth-order valence-corrected chi connectivity index (χ4v) is 2.43. The van der Waals surface area contributed by atoms with E-state index in [2.05, 4.69) is 21.7 Å². The van der Waals surface area contributed by atoms with Crippen LogP contribution in [0, 0.1) is 11.5 Å². The molecule has 1 aromatic carbocycles. The number of likely N-dealkylation sites (tertiary alicyclic amines) is 1. The molecular formula is C15H15N5O. The van der Waals surface area contributed by atoms with Crippen LogP contribution in [0.1, 0.15) is 16.9 Å². The van der Waals surface area contributed by atoms with E-state index < -0.39 is 0 Å². The molecule has 0 radical (unpaired) electrons. The van der Waals surface area contributed by atoms with Crippen molar-refractivity contribution >= 4 is 5.91 Å². The van der Waals surface area contributed by atoms with Crippen LogP contribution in [0.15, 0.2) is 36.4 Å². The molecule has 0 aliphatic carbocycles. The van der Waals surface area contributed by atoms with E-state index in [1.165, 1.54) is 0 Å². The minimum Gasteiger partial charge on any atom is -0.346 e. The van der Waals surface area contributed by atoms with Crippen LogP contribution in [0.5, 0.6) is 0 Å². The number of nitrogens with zero attached hydrogens (tertiary/aromatic N) is 3. The molecule has 106 valence electrons. The summed E-state index contributed by atoms with van der Waals surface area (Å²) in [5.74, 6) is -0.186. The Morgan fingerprint density at radius 1 is 1.43 bits per heavy atom. The quantitative estimate of drug-likeness (QED) is 0.832. The van der Waals surface area contributed by atoms with Crippen LogP contribution in [-0.4, -0.2) is 40.1 Å². The Balaban J connectivity index is 1.67. The number of aromatic nitrogens is 2. The summed E-state index contributed by atoms with van der Waals surface area (Å²) in [6.45, 7) is 1.27. The minimum atomic E-state index is -0.186. The third-order valence-electron chi connectivity index (χ3n) is 3.56. The lowest BCUT2D eigenvalue weighted by molar-refractivity contribution is 0.0933. The second-order valence-electron chi connectivity index (χ2n) is 5.04. The van der Waals surface area contributed by atoms with Crippen LogP contribution < -0.4 is 5.32 Å². The molecule has 6 heteroatoms. The standard InChI is InChI=1S/C15H15N5O/c16-10-20-7-6-12(9-20)17-15(21)14-8-13(18-19-14)11-4-2-1-3-5-11/h1-5,8,12H,6-7,9H2,(H,17,21)(H,18,19). The predicted molar refractivity (Wildman–Crippen MR) is 77.1 cm³/mol. The van der Waals surface area contributed by atoms with Crippen molar-refractivity contribution in [3.63, 3.8) is 0 Å². The highest BCUT2D eigenvalue weighted by molar-refractivity contribution is 5.93. The lowest BCUT2D eigenvalue weighted by atomic mass is 10.1. The molecule has 0 bridgehead atoms. The Morgan fingerprint density at radius 3 is 2.95 bits per heavy atom. The molecule has 2 aromatic rings. The third-order valence-corrected chi connectivity index (χ3v) is 3.56. The van der Waals surface area contributed by atoms with Crippen molar-refractivity contribution in [1.82, 2.24) is 20.4 Å². The summed E-state index contributed by atoms with van der Waals surface area (Å²) in [6, 6.07) is 11.4. The summed E-state index contributed by atoms with van der Waals surface area (Å²) in [6.07, 6.45) is 2.89. The van der Waals surface area contributed by atoms with Gasteiger partial charge in [-0.1, -0.05) is 30.3 Å². The highest BCUT2D eigenvalue weighted by atomic mass is 16.2. The largest absolute Gasteiger partial charge is 0.346 e. The number of nitrogens with one attached hydrogen (secondary N) is 2. The second kappa shape index (κ2) is 5.67. The lowest BCUT2D eigenvalue weighted by Crippen LogP contribution is -2.36. The van der Waals surface area contributed by atoms with Crippen LogP contribution in [0.25, 0.3) is 11.3 Å². The molecule has 0 saturated carbocycles. The van der Waals surface area contributed by atoms with E-state index in [0.717, 1.165) is 17.7 Å². The number of carbonyl (C=O) groups is 1. The lowest BCUT2D eigenvalue weighted by Gasteiger charge is -2.10. The molecule has 1 atom stereocenters. The average molecular weight is 281 g/mol. The number of benzene rings is 1. The van der Waals surface area contributed by atoms with Crippen molar-refractivity contribution in [1.29, 1.82) is 5.26 Å². The second-order valence-corrected chi connectivity index (χ2v) is 5.04. The molecular weight excluding hydrogens is 266 g/mol. The predicted octanol–water partition coefficient (Wildman–Crippen LogP) is 1.36.